The molecule has 1 unspecified atom stereocenters. The van der Waals surface area contributed by atoms with Crippen molar-refractivity contribution in [2.75, 3.05) is 0 Å². The Kier molecular flexibility index (Phi) is 245. The van der Waals surface area contributed by atoms with E-state index in [-0.39, 0.29) is 9.90 Å². The van der Waals surface area contributed by atoms with Crippen molar-refractivity contribution in [3.05, 3.63) is 0 Å². The molecule has 0 saturated heterocycles. The van der Waals surface area contributed by atoms with E-state index < -0.39 is 0 Å². The molecule has 0 amide bonds. The molecule has 0 saturated carbocycles. The lowest BCUT2D eigenvalue weighted by Gasteiger charge is -1.48. The predicted molar refractivity (Wildman–Crippen MR) is 90.9 cm³/mol. The molecule has 0 aromatic carbocycles. The zero-order valence-corrected chi connectivity index (χ0v) is 15.7. The van der Waals surface area contributed by atoms with E-state index in [1.165, 1.54) is 32.1 Å². The lowest BCUT2D eigenvalue weighted by Crippen LogP contribution is -1.27. The van der Waals surface area contributed by atoms with E-state index >= 15 is 0 Å². The van der Waals surface area contributed by atoms with Crippen molar-refractivity contribution < 1.29 is 0 Å². The van der Waals surface area contributed by atoms with Gasteiger partial charge in [-0.3, -0.25) is 0 Å². The number of rotatable bonds is 0. The fraction of sp³-hybridized carbons (Fsp3) is 1.00. The minimum absolute atomic E-state index is 0. The SMILES string of the molecule is CCC.CCC.CCC.CCC.CCC.P. The van der Waals surface area contributed by atoms with Crippen molar-refractivity contribution in [3.8, 4) is 0 Å². The van der Waals surface area contributed by atoms with Gasteiger partial charge in [-0.1, -0.05) is 101 Å². The Morgan fingerprint density at radius 2 is 0.312 bits per heavy atom. The van der Waals surface area contributed by atoms with Gasteiger partial charge in [0.1, 0.15) is 0 Å². The van der Waals surface area contributed by atoms with Crippen LogP contribution in [-0.4, -0.2) is 0 Å². The highest BCUT2D eigenvalue weighted by atomic mass is 31.0. The molecule has 1 heteroatoms. The zero-order chi connectivity index (χ0) is 13.5. The summed E-state index contributed by atoms with van der Waals surface area (Å²) in [5, 5.41) is 0. The summed E-state index contributed by atoms with van der Waals surface area (Å²) in [5.41, 5.74) is 0. The van der Waals surface area contributed by atoms with E-state index in [1.54, 1.807) is 0 Å². The summed E-state index contributed by atoms with van der Waals surface area (Å²) in [6, 6.07) is 0. The van der Waals surface area contributed by atoms with Gasteiger partial charge in [0.2, 0.25) is 0 Å². The second-order valence-corrected chi connectivity index (χ2v) is 3.54. The summed E-state index contributed by atoms with van der Waals surface area (Å²) >= 11 is 0. The third kappa shape index (κ3) is 14100. The molecule has 0 radical (unpaired) electrons. The largest absolute Gasteiger partial charge is 0.153 e. The van der Waals surface area contributed by atoms with E-state index in [0.29, 0.717) is 0 Å². The van der Waals surface area contributed by atoms with Gasteiger partial charge in [0.25, 0.3) is 0 Å². The molecular formula is C15H43P. The molecule has 0 fully saturated rings. The first-order valence-corrected chi connectivity index (χ1v) is 7.07. The summed E-state index contributed by atoms with van der Waals surface area (Å²) in [6.07, 6.45) is 6.25. The third-order valence-corrected chi connectivity index (χ3v) is 0. The van der Waals surface area contributed by atoms with Gasteiger partial charge in [-0.05, 0) is 0 Å². The lowest BCUT2D eigenvalue weighted by molar-refractivity contribution is 1.09. The quantitative estimate of drug-likeness (QED) is 0.403. The number of hydrogen-bond acceptors (Lipinski definition) is 0. The predicted octanol–water partition coefficient (Wildman–Crippen LogP) is 7.14. The average molecular weight is 254 g/mol. The van der Waals surface area contributed by atoms with Gasteiger partial charge >= 0.3 is 0 Å². The van der Waals surface area contributed by atoms with Crippen LogP contribution in [0.5, 0.6) is 0 Å². The Morgan fingerprint density at radius 3 is 0.312 bits per heavy atom. The van der Waals surface area contributed by atoms with Crippen LogP contribution >= 0.6 is 9.90 Å². The molecule has 0 nitrogen and oxygen atoms in total. The standard InChI is InChI=1S/5C3H8.H3P/c5*1-3-2;/h5*3H2,1-2H3;1H3. The summed E-state index contributed by atoms with van der Waals surface area (Å²) in [5.74, 6) is 0. The van der Waals surface area contributed by atoms with Crippen molar-refractivity contribution in [1.82, 2.24) is 0 Å². The molecule has 1 atom stereocenters. The third-order valence-electron chi connectivity index (χ3n) is 0. The fourth-order valence-electron chi connectivity index (χ4n) is 0. The van der Waals surface area contributed by atoms with Crippen LogP contribution in [0.2, 0.25) is 0 Å². The van der Waals surface area contributed by atoms with Gasteiger partial charge in [0.05, 0.1) is 0 Å². The van der Waals surface area contributed by atoms with E-state index in [4.69, 9.17) is 0 Å². The highest BCUT2D eigenvalue weighted by Crippen LogP contribution is 1.57. The Morgan fingerprint density at radius 1 is 0.312 bits per heavy atom. The van der Waals surface area contributed by atoms with E-state index in [2.05, 4.69) is 69.2 Å². The molecule has 0 aromatic heterocycles. The molecule has 16 heavy (non-hydrogen) atoms. The van der Waals surface area contributed by atoms with Gasteiger partial charge in [-0.15, -0.1) is 0 Å². The number of hydrogen-bond donors (Lipinski definition) is 0. The summed E-state index contributed by atoms with van der Waals surface area (Å²) in [7, 11) is 0. The second-order valence-electron chi connectivity index (χ2n) is 3.54. The Labute approximate surface area is 112 Å². The first-order chi connectivity index (χ1) is 7.07. The van der Waals surface area contributed by atoms with Gasteiger partial charge in [-0.25, -0.2) is 0 Å². The van der Waals surface area contributed by atoms with Crippen LogP contribution in [0.15, 0.2) is 0 Å². The first-order valence-electron chi connectivity index (χ1n) is 7.07. The maximum Gasteiger partial charge on any atom is -0.0590 e. The van der Waals surface area contributed by atoms with Gasteiger partial charge < -0.3 is 0 Å². The molecule has 0 aliphatic carbocycles. The smallest absolute Gasteiger partial charge is 0.0590 e. The molecule has 0 N–H and O–H groups in total. The molecule has 108 valence electrons. The van der Waals surface area contributed by atoms with Crippen molar-refractivity contribution in [1.29, 1.82) is 0 Å². The van der Waals surface area contributed by atoms with Crippen LogP contribution in [-0.2, 0) is 0 Å². The van der Waals surface area contributed by atoms with Gasteiger partial charge in [0, 0.05) is 0 Å². The minimum Gasteiger partial charge on any atom is -0.153 e. The van der Waals surface area contributed by atoms with E-state index in [0.717, 1.165) is 0 Å². The molecule has 0 heterocycles. The van der Waals surface area contributed by atoms with Crippen LogP contribution in [0.4, 0.5) is 0 Å². The maximum absolute atomic E-state index is 2.12. The van der Waals surface area contributed by atoms with Crippen molar-refractivity contribution in [2.24, 2.45) is 0 Å². The zero-order valence-electron chi connectivity index (χ0n) is 14.2. The molecule has 0 spiro atoms. The monoisotopic (exact) mass is 254 g/mol. The maximum atomic E-state index is 2.12. The van der Waals surface area contributed by atoms with Gasteiger partial charge in [-0.2, -0.15) is 9.90 Å². The molecule has 0 aromatic rings. The summed E-state index contributed by atoms with van der Waals surface area (Å²) < 4.78 is 0. The van der Waals surface area contributed by atoms with E-state index in [1.807, 2.05) is 0 Å². The fourth-order valence-corrected chi connectivity index (χ4v) is 0. The van der Waals surface area contributed by atoms with Gasteiger partial charge in [0.15, 0.2) is 0 Å². The molecule has 0 rings (SSSR count). The Balaban J connectivity index is -0.0000000192. The second kappa shape index (κ2) is 109. The van der Waals surface area contributed by atoms with Crippen LogP contribution in [0, 0.1) is 0 Å². The summed E-state index contributed by atoms with van der Waals surface area (Å²) in [6.45, 7) is 21.2. The van der Waals surface area contributed by atoms with Crippen LogP contribution < -0.4 is 0 Å². The normalized spacial score (nSPS) is 5.62. The van der Waals surface area contributed by atoms with E-state index in [9.17, 15) is 0 Å². The molecule has 0 bridgehead atoms. The average Bonchev–Trinajstić information content (AvgIpc) is 2.09. The highest BCUT2D eigenvalue weighted by Gasteiger charge is 1.36. The molecular weight excluding hydrogens is 211 g/mol. The minimum atomic E-state index is 0. The Bertz CT molecular complexity index is 17.0. The molecule has 0 aliphatic heterocycles. The van der Waals surface area contributed by atoms with Crippen LogP contribution in [0.3, 0.4) is 0 Å². The highest BCUT2D eigenvalue weighted by molar-refractivity contribution is 6.92. The van der Waals surface area contributed by atoms with Crippen molar-refractivity contribution in [2.45, 2.75) is 101 Å². The van der Waals surface area contributed by atoms with Crippen molar-refractivity contribution >= 4 is 9.90 Å². The topological polar surface area (TPSA) is 0 Å². The Hall–Kier alpha value is 0.430. The molecule has 0 aliphatic rings. The van der Waals surface area contributed by atoms with Crippen LogP contribution in [0.25, 0.3) is 0 Å². The lowest BCUT2D eigenvalue weighted by atomic mass is 10.6. The summed E-state index contributed by atoms with van der Waals surface area (Å²) in [4.78, 5) is 0. The van der Waals surface area contributed by atoms with Crippen molar-refractivity contribution in [3.63, 3.8) is 0 Å². The first kappa shape index (κ1) is 36.0. The van der Waals surface area contributed by atoms with Crippen LogP contribution in [0.1, 0.15) is 101 Å².